The molecule has 3 nitrogen and oxygen atoms in total. The lowest BCUT2D eigenvalue weighted by molar-refractivity contribution is 0.578. The summed E-state index contributed by atoms with van der Waals surface area (Å²) < 4.78 is 28.7. The van der Waals surface area contributed by atoms with Crippen LogP contribution in [0.2, 0.25) is 0 Å². The van der Waals surface area contributed by atoms with Crippen LogP contribution in [-0.2, 0) is 10.0 Å². The summed E-state index contributed by atoms with van der Waals surface area (Å²) in [5.74, 6) is 1.13. The molecule has 1 saturated heterocycles. The van der Waals surface area contributed by atoms with Crippen molar-refractivity contribution in [3.8, 4) is 0 Å². The van der Waals surface area contributed by atoms with Crippen molar-refractivity contribution in [2.24, 2.45) is 0 Å². The van der Waals surface area contributed by atoms with Gasteiger partial charge in [0.1, 0.15) is 0 Å². The summed E-state index contributed by atoms with van der Waals surface area (Å²) in [6, 6.07) is 3.45. The smallest absolute Gasteiger partial charge is 0.210 e. The number of nitrogens with one attached hydrogen (secondary N) is 1. The van der Waals surface area contributed by atoms with Crippen LogP contribution in [-0.4, -0.2) is 26.0 Å². The number of aryl methyl sites for hydroxylation is 1. The highest BCUT2D eigenvalue weighted by molar-refractivity contribution is 9.11. The summed E-state index contributed by atoms with van der Waals surface area (Å²) in [5, 5.41) is 0.405. The molecule has 1 atom stereocenters. The van der Waals surface area contributed by atoms with E-state index < -0.39 is 10.0 Å². The van der Waals surface area contributed by atoms with Crippen molar-refractivity contribution in [3.63, 3.8) is 0 Å². The lowest BCUT2D eigenvalue weighted by Gasteiger charge is -2.13. The van der Waals surface area contributed by atoms with Crippen molar-refractivity contribution in [1.29, 1.82) is 0 Å². The molecule has 0 aliphatic carbocycles. The molecule has 0 saturated carbocycles. The Hall–Kier alpha value is 0.440. The van der Waals surface area contributed by atoms with Crippen LogP contribution < -0.4 is 4.72 Å². The standard InChI is InChI=1S/C12H15Br2NO2S2/c1-8-5-11(14)12(6-10(8)13)19(16,17)15-7-9-3-2-4-18-9/h5-6,9,15H,2-4,7H2,1H3. The quantitative estimate of drug-likeness (QED) is 0.795. The van der Waals surface area contributed by atoms with E-state index in [-0.39, 0.29) is 4.90 Å². The van der Waals surface area contributed by atoms with Crippen LogP contribution in [0.15, 0.2) is 26.0 Å². The molecule has 1 fully saturated rings. The molecule has 106 valence electrons. The van der Waals surface area contributed by atoms with Crippen LogP contribution in [0.4, 0.5) is 0 Å². The van der Waals surface area contributed by atoms with E-state index in [4.69, 9.17) is 0 Å². The monoisotopic (exact) mass is 427 g/mol. The normalized spacial score (nSPS) is 19.8. The first-order chi connectivity index (χ1) is 8.90. The third kappa shape index (κ3) is 3.97. The van der Waals surface area contributed by atoms with Crippen LogP contribution in [0.3, 0.4) is 0 Å². The molecule has 0 amide bonds. The maximum absolute atomic E-state index is 12.3. The second kappa shape index (κ2) is 6.47. The molecule has 1 heterocycles. The summed E-state index contributed by atoms with van der Waals surface area (Å²) >= 11 is 8.54. The first-order valence-electron chi connectivity index (χ1n) is 5.97. The van der Waals surface area contributed by atoms with E-state index in [2.05, 4.69) is 36.6 Å². The maximum Gasteiger partial charge on any atom is 0.241 e. The lowest BCUT2D eigenvalue weighted by Crippen LogP contribution is -2.30. The van der Waals surface area contributed by atoms with Crippen molar-refractivity contribution >= 4 is 53.6 Å². The molecule has 0 radical (unpaired) electrons. The van der Waals surface area contributed by atoms with Gasteiger partial charge >= 0.3 is 0 Å². The molecule has 7 heteroatoms. The van der Waals surface area contributed by atoms with Gasteiger partial charge in [-0.25, -0.2) is 13.1 Å². The van der Waals surface area contributed by atoms with Crippen LogP contribution >= 0.6 is 43.6 Å². The number of thioether (sulfide) groups is 1. The van der Waals surface area contributed by atoms with Crippen LogP contribution in [0.5, 0.6) is 0 Å². The van der Waals surface area contributed by atoms with E-state index in [0.717, 1.165) is 22.2 Å². The van der Waals surface area contributed by atoms with E-state index >= 15 is 0 Å². The van der Waals surface area contributed by atoms with E-state index in [1.165, 1.54) is 6.42 Å². The Morgan fingerprint density at radius 2 is 2.11 bits per heavy atom. The van der Waals surface area contributed by atoms with E-state index in [0.29, 0.717) is 16.3 Å². The van der Waals surface area contributed by atoms with Gasteiger partial charge in [-0.3, -0.25) is 0 Å². The Balaban J connectivity index is 2.16. The van der Waals surface area contributed by atoms with Gasteiger partial charge in [0.25, 0.3) is 0 Å². The molecule has 1 unspecified atom stereocenters. The van der Waals surface area contributed by atoms with Gasteiger partial charge in [0.15, 0.2) is 0 Å². The molecule has 19 heavy (non-hydrogen) atoms. The van der Waals surface area contributed by atoms with Gasteiger partial charge in [0.05, 0.1) is 4.90 Å². The fourth-order valence-corrected chi connectivity index (χ4v) is 5.98. The van der Waals surface area contributed by atoms with Crippen LogP contribution in [0, 0.1) is 6.92 Å². The predicted octanol–water partition coefficient (Wildman–Crippen LogP) is 3.69. The van der Waals surface area contributed by atoms with Crippen molar-refractivity contribution in [1.82, 2.24) is 4.72 Å². The average Bonchev–Trinajstić information content (AvgIpc) is 2.84. The highest BCUT2D eigenvalue weighted by Gasteiger charge is 2.22. The predicted molar refractivity (Wildman–Crippen MR) is 87.2 cm³/mol. The molecule has 1 aromatic rings. The van der Waals surface area contributed by atoms with Gasteiger partial charge in [-0.1, -0.05) is 15.9 Å². The van der Waals surface area contributed by atoms with E-state index in [1.807, 2.05) is 24.8 Å². The first kappa shape index (κ1) is 15.8. The number of benzene rings is 1. The maximum atomic E-state index is 12.3. The van der Waals surface area contributed by atoms with Gasteiger partial charge in [0.2, 0.25) is 10.0 Å². The Morgan fingerprint density at radius 1 is 1.37 bits per heavy atom. The summed E-state index contributed by atoms with van der Waals surface area (Å²) in [4.78, 5) is 0.285. The number of rotatable bonds is 4. The minimum Gasteiger partial charge on any atom is -0.210 e. The number of halogens is 2. The fraction of sp³-hybridized carbons (Fsp3) is 0.500. The average molecular weight is 429 g/mol. The van der Waals surface area contributed by atoms with Crippen molar-refractivity contribution in [2.45, 2.75) is 29.9 Å². The van der Waals surface area contributed by atoms with E-state index in [1.54, 1.807) is 6.07 Å². The van der Waals surface area contributed by atoms with Gasteiger partial charge in [0, 0.05) is 20.7 Å². The summed E-state index contributed by atoms with van der Waals surface area (Å²) in [7, 11) is -3.46. The van der Waals surface area contributed by atoms with E-state index in [9.17, 15) is 8.42 Å². The Bertz CT molecular complexity index is 569. The summed E-state index contributed by atoms with van der Waals surface area (Å²) in [5.41, 5.74) is 0.997. The second-order valence-corrected chi connectivity index (χ2v) is 9.37. The van der Waals surface area contributed by atoms with Gasteiger partial charge in [-0.05, 0) is 59.1 Å². The molecule has 2 rings (SSSR count). The number of sulfonamides is 1. The SMILES string of the molecule is Cc1cc(Br)c(S(=O)(=O)NCC2CCCS2)cc1Br. The molecule has 1 aromatic carbocycles. The highest BCUT2D eigenvalue weighted by atomic mass is 79.9. The molecule has 0 bridgehead atoms. The fourth-order valence-electron chi connectivity index (χ4n) is 1.92. The molecule has 1 N–H and O–H groups in total. The Morgan fingerprint density at radius 3 is 2.74 bits per heavy atom. The van der Waals surface area contributed by atoms with Gasteiger partial charge in [-0.2, -0.15) is 11.8 Å². The Kier molecular flexibility index (Phi) is 5.39. The number of hydrogen-bond acceptors (Lipinski definition) is 3. The summed E-state index contributed by atoms with van der Waals surface area (Å²) in [6.07, 6.45) is 2.27. The molecule has 1 aliphatic rings. The van der Waals surface area contributed by atoms with Gasteiger partial charge in [-0.15, -0.1) is 0 Å². The Labute approximate surface area is 135 Å². The minimum atomic E-state index is -3.46. The van der Waals surface area contributed by atoms with Gasteiger partial charge < -0.3 is 0 Å². The molecule has 0 aromatic heterocycles. The third-order valence-electron chi connectivity index (χ3n) is 3.03. The topological polar surface area (TPSA) is 46.2 Å². The minimum absolute atomic E-state index is 0.285. The van der Waals surface area contributed by atoms with Crippen molar-refractivity contribution in [3.05, 3.63) is 26.6 Å². The molecule has 1 aliphatic heterocycles. The zero-order chi connectivity index (χ0) is 14.0. The molecular formula is C12H15Br2NO2S2. The van der Waals surface area contributed by atoms with Crippen LogP contribution in [0.1, 0.15) is 18.4 Å². The lowest BCUT2D eigenvalue weighted by atomic mass is 10.2. The van der Waals surface area contributed by atoms with Crippen LogP contribution in [0.25, 0.3) is 0 Å². The first-order valence-corrected chi connectivity index (χ1v) is 10.1. The second-order valence-electron chi connectivity index (χ2n) is 4.52. The molecular weight excluding hydrogens is 414 g/mol. The molecule has 0 spiro atoms. The van der Waals surface area contributed by atoms with Crippen molar-refractivity contribution in [2.75, 3.05) is 12.3 Å². The zero-order valence-electron chi connectivity index (χ0n) is 10.4. The summed E-state index contributed by atoms with van der Waals surface area (Å²) in [6.45, 7) is 2.43. The zero-order valence-corrected chi connectivity index (χ0v) is 15.3. The highest BCUT2D eigenvalue weighted by Crippen LogP contribution is 2.29. The number of hydrogen-bond donors (Lipinski definition) is 1. The third-order valence-corrected chi connectivity index (χ3v) is 7.66. The largest absolute Gasteiger partial charge is 0.241 e. The van der Waals surface area contributed by atoms with Crippen molar-refractivity contribution < 1.29 is 8.42 Å².